The van der Waals surface area contributed by atoms with E-state index in [0.29, 0.717) is 15.6 Å². The van der Waals surface area contributed by atoms with Gasteiger partial charge in [-0.2, -0.15) is 0 Å². The Labute approximate surface area is 126 Å². The maximum Gasteiger partial charge on any atom is 0.264 e. The number of hydrogen-bond donors (Lipinski definition) is 1. The fourth-order valence-corrected chi connectivity index (χ4v) is 3.92. The second kappa shape index (κ2) is 5.87. The molecule has 2 unspecified atom stereocenters. The third-order valence-corrected chi connectivity index (χ3v) is 5.43. The Morgan fingerprint density at radius 2 is 2.21 bits per heavy atom. The molecule has 1 heterocycles. The van der Waals surface area contributed by atoms with E-state index in [0.717, 1.165) is 12.2 Å². The number of carbonyl (C=O) groups excluding carboxylic acids is 1. The Morgan fingerprint density at radius 1 is 1.47 bits per heavy atom. The van der Waals surface area contributed by atoms with E-state index in [1.807, 2.05) is 20.8 Å². The van der Waals surface area contributed by atoms with Gasteiger partial charge < -0.3 is 5.32 Å². The maximum atomic E-state index is 12.2. The van der Waals surface area contributed by atoms with Gasteiger partial charge in [-0.25, -0.2) is 0 Å². The van der Waals surface area contributed by atoms with E-state index in [9.17, 15) is 4.79 Å². The van der Waals surface area contributed by atoms with Gasteiger partial charge in [0.25, 0.3) is 5.91 Å². The predicted molar refractivity (Wildman–Crippen MR) is 81.0 cm³/mol. The highest BCUT2D eigenvalue weighted by molar-refractivity contribution is 9.09. The van der Waals surface area contributed by atoms with Crippen LogP contribution in [0.25, 0.3) is 0 Å². The Balaban J connectivity index is 1.99. The zero-order valence-corrected chi connectivity index (χ0v) is 14.0. The molecule has 1 aliphatic carbocycles. The lowest BCUT2D eigenvalue weighted by Crippen LogP contribution is -2.32. The Bertz CT molecular complexity index is 455. The largest absolute Gasteiger partial charge is 0.351 e. The first-order valence-electron chi connectivity index (χ1n) is 6.64. The van der Waals surface area contributed by atoms with Crippen LogP contribution in [0.15, 0.2) is 0 Å². The van der Waals surface area contributed by atoms with Crippen molar-refractivity contribution in [2.75, 3.05) is 6.54 Å². The number of amides is 1. The highest BCUT2D eigenvalue weighted by Gasteiger charge is 2.28. The van der Waals surface area contributed by atoms with Gasteiger partial charge in [0.15, 0.2) is 0 Å². The second-order valence-corrected chi connectivity index (χ2v) is 8.05. The van der Waals surface area contributed by atoms with Crippen LogP contribution in [0.2, 0.25) is 0 Å². The molecule has 1 fully saturated rings. The van der Waals surface area contributed by atoms with E-state index in [1.54, 1.807) is 0 Å². The molecule has 6 heteroatoms. The number of alkyl halides is 1. The van der Waals surface area contributed by atoms with Crippen LogP contribution in [0.1, 0.15) is 55.4 Å². The van der Waals surface area contributed by atoms with E-state index in [1.165, 1.54) is 30.8 Å². The summed E-state index contributed by atoms with van der Waals surface area (Å²) < 4.78 is 3.93. The average Bonchev–Trinajstić information content (AvgIpc) is 2.93. The molecule has 0 aromatic carbocycles. The van der Waals surface area contributed by atoms with Gasteiger partial charge in [-0.3, -0.25) is 4.79 Å². The summed E-state index contributed by atoms with van der Waals surface area (Å²) in [4.78, 5) is 13.4. The van der Waals surface area contributed by atoms with E-state index in [4.69, 9.17) is 0 Å². The van der Waals surface area contributed by atoms with Crippen molar-refractivity contribution in [2.45, 2.75) is 50.3 Å². The smallest absolute Gasteiger partial charge is 0.264 e. The van der Waals surface area contributed by atoms with Crippen LogP contribution < -0.4 is 5.32 Å². The first-order chi connectivity index (χ1) is 8.89. The SMILES string of the molecule is CC(C)(C)c1nnsc1C(=O)NCC1CCCC1Br. The van der Waals surface area contributed by atoms with Crippen molar-refractivity contribution in [3.8, 4) is 0 Å². The molecule has 0 saturated heterocycles. The molecule has 0 bridgehead atoms. The van der Waals surface area contributed by atoms with Crippen molar-refractivity contribution in [1.82, 2.24) is 14.9 Å². The molecule has 1 aromatic rings. The lowest BCUT2D eigenvalue weighted by molar-refractivity contribution is 0.0949. The lowest BCUT2D eigenvalue weighted by atomic mass is 9.91. The summed E-state index contributed by atoms with van der Waals surface area (Å²) in [5.41, 5.74) is 0.641. The van der Waals surface area contributed by atoms with Gasteiger partial charge in [-0.05, 0) is 30.3 Å². The van der Waals surface area contributed by atoms with E-state index in [-0.39, 0.29) is 11.3 Å². The van der Waals surface area contributed by atoms with Crippen LogP contribution in [0.4, 0.5) is 0 Å². The molecule has 1 amide bonds. The number of halogens is 1. The number of rotatable bonds is 3. The van der Waals surface area contributed by atoms with E-state index in [2.05, 4.69) is 30.8 Å². The summed E-state index contributed by atoms with van der Waals surface area (Å²) in [6, 6.07) is 0. The van der Waals surface area contributed by atoms with Crippen molar-refractivity contribution in [1.29, 1.82) is 0 Å². The monoisotopic (exact) mass is 345 g/mol. The third kappa shape index (κ3) is 3.54. The molecule has 1 saturated carbocycles. The molecule has 1 aliphatic rings. The van der Waals surface area contributed by atoms with Crippen LogP contribution in [0.5, 0.6) is 0 Å². The molecule has 0 spiro atoms. The minimum Gasteiger partial charge on any atom is -0.351 e. The van der Waals surface area contributed by atoms with Gasteiger partial charge in [-0.15, -0.1) is 5.10 Å². The summed E-state index contributed by atoms with van der Waals surface area (Å²) in [6.45, 7) is 6.88. The molecule has 0 aliphatic heterocycles. The van der Waals surface area contributed by atoms with Crippen molar-refractivity contribution >= 4 is 33.4 Å². The summed E-state index contributed by atoms with van der Waals surface area (Å²) in [7, 11) is 0. The molecule has 2 rings (SSSR count). The minimum atomic E-state index is -0.148. The van der Waals surface area contributed by atoms with Gasteiger partial charge in [0, 0.05) is 16.8 Å². The number of nitrogens with zero attached hydrogens (tertiary/aromatic N) is 2. The molecule has 106 valence electrons. The summed E-state index contributed by atoms with van der Waals surface area (Å²) >= 11 is 4.86. The first kappa shape index (κ1) is 14.9. The van der Waals surface area contributed by atoms with Gasteiger partial charge in [0.1, 0.15) is 4.88 Å². The van der Waals surface area contributed by atoms with Crippen LogP contribution in [-0.4, -0.2) is 26.9 Å². The number of nitrogens with one attached hydrogen (secondary N) is 1. The van der Waals surface area contributed by atoms with Crippen LogP contribution in [0, 0.1) is 5.92 Å². The predicted octanol–water partition coefficient (Wildman–Crippen LogP) is 3.13. The maximum absolute atomic E-state index is 12.2. The standard InChI is InChI=1S/C13H20BrN3OS/c1-13(2,3)11-10(19-17-16-11)12(18)15-7-8-5-4-6-9(8)14/h8-9H,4-7H2,1-3H3,(H,15,18). The zero-order valence-electron chi connectivity index (χ0n) is 11.6. The highest BCUT2D eigenvalue weighted by Crippen LogP contribution is 2.31. The number of aromatic nitrogens is 2. The summed E-state index contributed by atoms with van der Waals surface area (Å²) in [5, 5.41) is 7.13. The van der Waals surface area contributed by atoms with Gasteiger partial charge in [0.05, 0.1) is 5.69 Å². The zero-order chi connectivity index (χ0) is 14.0. The molecule has 2 atom stereocenters. The fraction of sp³-hybridized carbons (Fsp3) is 0.769. The third-order valence-electron chi connectivity index (χ3n) is 3.50. The second-order valence-electron chi connectivity index (χ2n) is 6.12. The summed E-state index contributed by atoms with van der Waals surface area (Å²) in [6.07, 6.45) is 3.63. The van der Waals surface area contributed by atoms with Crippen LogP contribution in [-0.2, 0) is 5.41 Å². The molecule has 1 aromatic heterocycles. The van der Waals surface area contributed by atoms with E-state index < -0.39 is 0 Å². The molecular weight excluding hydrogens is 326 g/mol. The van der Waals surface area contributed by atoms with E-state index >= 15 is 0 Å². The Morgan fingerprint density at radius 3 is 2.79 bits per heavy atom. The normalized spacial score (nSPS) is 23.6. The van der Waals surface area contributed by atoms with Crippen molar-refractivity contribution in [3.05, 3.63) is 10.6 Å². The molecule has 1 N–H and O–H groups in total. The molecular formula is C13H20BrN3OS. The number of hydrogen-bond acceptors (Lipinski definition) is 4. The molecule has 19 heavy (non-hydrogen) atoms. The highest BCUT2D eigenvalue weighted by atomic mass is 79.9. The number of carbonyl (C=O) groups is 1. The van der Waals surface area contributed by atoms with Crippen molar-refractivity contribution in [3.63, 3.8) is 0 Å². The average molecular weight is 346 g/mol. The van der Waals surface area contributed by atoms with Gasteiger partial charge in [0.2, 0.25) is 0 Å². The fourth-order valence-electron chi connectivity index (χ4n) is 2.36. The molecule has 0 radical (unpaired) electrons. The van der Waals surface area contributed by atoms with Crippen LogP contribution >= 0.6 is 27.5 Å². The topological polar surface area (TPSA) is 54.9 Å². The first-order valence-corrected chi connectivity index (χ1v) is 8.33. The van der Waals surface area contributed by atoms with Crippen molar-refractivity contribution in [2.24, 2.45) is 5.92 Å². The lowest BCUT2D eigenvalue weighted by Gasteiger charge is -2.17. The van der Waals surface area contributed by atoms with Crippen LogP contribution in [0.3, 0.4) is 0 Å². The Kier molecular flexibility index (Phi) is 4.61. The summed E-state index contributed by atoms with van der Waals surface area (Å²) in [5.74, 6) is 0.509. The quantitative estimate of drug-likeness (QED) is 0.856. The van der Waals surface area contributed by atoms with Gasteiger partial charge >= 0.3 is 0 Å². The Hall–Kier alpha value is -0.490. The van der Waals surface area contributed by atoms with Gasteiger partial charge in [-0.1, -0.05) is 47.6 Å². The minimum absolute atomic E-state index is 0.0356. The molecule has 4 nitrogen and oxygen atoms in total. The van der Waals surface area contributed by atoms with Crippen molar-refractivity contribution < 1.29 is 4.79 Å².